The molecule has 0 aliphatic rings. The summed E-state index contributed by atoms with van der Waals surface area (Å²) < 4.78 is 41.5. The quantitative estimate of drug-likeness (QED) is 0.869. The van der Waals surface area contributed by atoms with Crippen LogP contribution in [0.1, 0.15) is 0 Å². The molecule has 4 nitrogen and oxygen atoms in total. The molecule has 20 heavy (non-hydrogen) atoms. The molecule has 0 heterocycles. The fraction of sp³-hybridized carbons (Fsp3) is 0. The van der Waals surface area contributed by atoms with Crippen molar-refractivity contribution in [2.75, 3.05) is 0 Å². The smallest absolute Gasteiger partial charge is 0.339 e. The number of hydrogen-bond donors (Lipinski definition) is 1. The molecule has 0 aliphatic heterocycles. The highest BCUT2D eigenvalue weighted by molar-refractivity contribution is 7.87. The summed E-state index contributed by atoms with van der Waals surface area (Å²) in [5, 5.41) is 8.85. The van der Waals surface area contributed by atoms with Gasteiger partial charge in [0.15, 0.2) is 5.75 Å². The van der Waals surface area contributed by atoms with Crippen LogP contribution in [0.5, 0.6) is 11.5 Å². The Morgan fingerprint density at radius 2 is 1.60 bits per heavy atom. The third kappa shape index (κ3) is 2.98. The van der Waals surface area contributed by atoms with Crippen LogP contribution in [-0.2, 0) is 10.1 Å². The van der Waals surface area contributed by atoms with Crippen molar-refractivity contribution < 1.29 is 22.1 Å². The first-order valence-electron chi connectivity index (χ1n) is 5.18. The van der Waals surface area contributed by atoms with Gasteiger partial charge in [0.2, 0.25) is 0 Å². The molecular weight excluding hydrogens is 330 g/mol. The Morgan fingerprint density at radius 3 is 2.20 bits per heavy atom. The Labute approximate surface area is 124 Å². The predicted octanol–water partition coefficient (Wildman–Crippen LogP) is 3.61. The Morgan fingerprint density at radius 1 is 1.00 bits per heavy atom. The van der Waals surface area contributed by atoms with Gasteiger partial charge in [0, 0.05) is 0 Å². The summed E-state index contributed by atoms with van der Waals surface area (Å²) in [6, 6.07) is 6.39. The summed E-state index contributed by atoms with van der Waals surface area (Å²) in [5.74, 6) is -1.11. The zero-order valence-corrected chi connectivity index (χ0v) is 12.0. The molecule has 0 saturated heterocycles. The van der Waals surface area contributed by atoms with E-state index in [-0.39, 0.29) is 26.4 Å². The minimum atomic E-state index is -4.17. The van der Waals surface area contributed by atoms with Crippen molar-refractivity contribution in [2.45, 2.75) is 4.90 Å². The average Bonchev–Trinajstić information content (AvgIpc) is 2.40. The highest BCUT2D eigenvalue weighted by Gasteiger charge is 2.20. The molecule has 8 heteroatoms. The van der Waals surface area contributed by atoms with E-state index < -0.39 is 15.9 Å². The number of rotatable bonds is 3. The van der Waals surface area contributed by atoms with Gasteiger partial charge in [-0.3, -0.25) is 0 Å². The van der Waals surface area contributed by atoms with Crippen LogP contribution in [-0.4, -0.2) is 13.5 Å². The molecule has 106 valence electrons. The molecule has 0 saturated carbocycles. The first-order chi connectivity index (χ1) is 9.31. The molecule has 0 unspecified atom stereocenters. The Hall–Kier alpha value is -1.50. The van der Waals surface area contributed by atoms with Gasteiger partial charge < -0.3 is 9.29 Å². The lowest BCUT2D eigenvalue weighted by Crippen LogP contribution is -2.10. The van der Waals surface area contributed by atoms with Gasteiger partial charge in [-0.2, -0.15) is 8.42 Å². The molecule has 0 aromatic heterocycles. The number of benzene rings is 2. The molecule has 0 fully saturated rings. The summed E-state index contributed by atoms with van der Waals surface area (Å²) >= 11 is 11.4. The van der Waals surface area contributed by atoms with Crippen LogP contribution in [0.15, 0.2) is 41.3 Å². The van der Waals surface area contributed by atoms with Crippen LogP contribution < -0.4 is 4.18 Å². The lowest BCUT2D eigenvalue weighted by atomic mass is 10.3. The molecule has 0 radical (unpaired) electrons. The standard InChI is InChI=1S/C12H7Cl2FO4S/c13-11-9(16)5-6-10(12(11)14)19-20(17,18)8-3-1-7(15)2-4-8/h1-6,16H. The number of hydrogen-bond acceptors (Lipinski definition) is 4. The lowest BCUT2D eigenvalue weighted by Gasteiger charge is -2.09. The summed E-state index contributed by atoms with van der Waals surface area (Å²) in [5.41, 5.74) is 0. The van der Waals surface area contributed by atoms with Crippen LogP contribution in [0, 0.1) is 5.82 Å². The molecule has 0 atom stereocenters. The second kappa shape index (κ2) is 5.47. The second-order valence-electron chi connectivity index (χ2n) is 3.70. The van der Waals surface area contributed by atoms with Crippen molar-refractivity contribution in [3.8, 4) is 11.5 Å². The van der Waals surface area contributed by atoms with Gasteiger partial charge in [-0.1, -0.05) is 23.2 Å². The number of halogens is 3. The third-order valence-electron chi connectivity index (χ3n) is 2.33. The Balaban J connectivity index is 2.38. The van der Waals surface area contributed by atoms with Gasteiger partial charge in [-0.05, 0) is 36.4 Å². The van der Waals surface area contributed by atoms with Crippen molar-refractivity contribution in [1.82, 2.24) is 0 Å². The van der Waals surface area contributed by atoms with E-state index in [0.29, 0.717) is 0 Å². The first kappa shape index (κ1) is 14.9. The largest absolute Gasteiger partial charge is 0.506 e. The number of phenols is 1. The van der Waals surface area contributed by atoms with Crippen molar-refractivity contribution in [3.63, 3.8) is 0 Å². The van der Waals surface area contributed by atoms with Gasteiger partial charge in [-0.25, -0.2) is 4.39 Å². The van der Waals surface area contributed by atoms with Gasteiger partial charge in [0.05, 0.1) is 0 Å². The van der Waals surface area contributed by atoms with E-state index in [1.807, 2.05) is 0 Å². The van der Waals surface area contributed by atoms with Crippen LogP contribution in [0.3, 0.4) is 0 Å². The van der Waals surface area contributed by atoms with E-state index in [0.717, 1.165) is 36.4 Å². The first-order valence-corrected chi connectivity index (χ1v) is 7.35. The molecule has 0 aliphatic carbocycles. The summed E-state index contributed by atoms with van der Waals surface area (Å²) in [6.07, 6.45) is 0. The molecule has 0 bridgehead atoms. The summed E-state index contributed by atoms with van der Waals surface area (Å²) in [4.78, 5) is -0.237. The zero-order chi connectivity index (χ0) is 14.9. The molecule has 2 aromatic rings. The normalized spacial score (nSPS) is 11.3. The maximum Gasteiger partial charge on any atom is 0.339 e. The van der Waals surface area contributed by atoms with Crippen LogP contribution in [0.4, 0.5) is 4.39 Å². The zero-order valence-electron chi connectivity index (χ0n) is 9.68. The Bertz CT molecular complexity index is 745. The Kier molecular flexibility index (Phi) is 4.08. The predicted molar refractivity (Wildman–Crippen MR) is 72.3 cm³/mol. The van der Waals surface area contributed by atoms with Gasteiger partial charge in [0.1, 0.15) is 26.5 Å². The molecule has 2 rings (SSSR count). The SMILES string of the molecule is O=S(=O)(Oc1ccc(O)c(Cl)c1Cl)c1ccc(F)cc1. The average molecular weight is 337 g/mol. The van der Waals surface area contributed by atoms with Gasteiger partial charge in [-0.15, -0.1) is 0 Å². The maximum atomic E-state index is 12.8. The fourth-order valence-electron chi connectivity index (χ4n) is 1.35. The topological polar surface area (TPSA) is 63.6 Å². The van der Waals surface area contributed by atoms with Crippen LogP contribution in [0.2, 0.25) is 10.0 Å². The molecule has 0 amide bonds. The molecule has 0 spiro atoms. The number of phenolic OH excluding ortho intramolecular Hbond substituents is 1. The van der Waals surface area contributed by atoms with Gasteiger partial charge >= 0.3 is 10.1 Å². The van der Waals surface area contributed by atoms with Crippen molar-refractivity contribution in [2.24, 2.45) is 0 Å². The number of aromatic hydroxyl groups is 1. The maximum absolute atomic E-state index is 12.8. The summed E-state index contributed by atoms with van der Waals surface area (Å²) in [7, 11) is -4.17. The van der Waals surface area contributed by atoms with Crippen molar-refractivity contribution in [3.05, 3.63) is 52.3 Å². The van der Waals surface area contributed by atoms with Crippen molar-refractivity contribution in [1.29, 1.82) is 0 Å². The third-order valence-corrected chi connectivity index (χ3v) is 4.43. The van der Waals surface area contributed by atoms with Crippen molar-refractivity contribution >= 4 is 33.3 Å². The van der Waals surface area contributed by atoms with E-state index in [4.69, 9.17) is 27.4 Å². The van der Waals surface area contributed by atoms with E-state index in [1.165, 1.54) is 0 Å². The van der Waals surface area contributed by atoms with E-state index >= 15 is 0 Å². The molecular formula is C12H7Cl2FO4S. The summed E-state index contributed by atoms with van der Waals surface area (Å²) in [6.45, 7) is 0. The van der Waals surface area contributed by atoms with E-state index in [1.54, 1.807) is 0 Å². The monoisotopic (exact) mass is 336 g/mol. The van der Waals surface area contributed by atoms with Crippen LogP contribution >= 0.6 is 23.2 Å². The minimum absolute atomic E-state index is 0.224. The lowest BCUT2D eigenvalue weighted by molar-refractivity contribution is 0.469. The highest BCUT2D eigenvalue weighted by atomic mass is 35.5. The second-order valence-corrected chi connectivity index (χ2v) is 6.00. The highest BCUT2D eigenvalue weighted by Crippen LogP contribution is 2.39. The van der Waals surface area contributed by atoms with Gasteiger partial charge in [0.25, 0.3) is 0 Å². The molecule has 1 N–H and O–H groups in total. The van der Waals surface area contributed by atoms with E-state index in [9.17, 15) is 17.9 Å². The molecule has 2 aromatic carbocycles. The van der Waals surface area contributed by atoms with E-state index in [2.05, 4.69) is 0 Å². The minimum Gasteiger partial charge on any atom is -0.506 e. The van der Waals surface area contributed by atoms with Crippen LogP contribution in [0.25, 0.3) is 0 Å². The fourth-order valence-corrected chi connectivity index (χ4v) is 2.69.